The summed E-state index contributed by atoms with van der Waals surface area (Å²) >= 11 is 0. The molecule has 1 saturated heterocycles. The Balaban J connectivity index is 2.02. The molecular weight excluding hydrogens is 219 g/mol. The Morgan fingerprint density at radius 3 is 2.71 bits per heavy atom. The molecule has 0 aliphatic carbocycles. The Kier molecular flexibility index (Phi) is 3.74. The SMILES string of the molecule is CC[NH+]1CCN(C(=O)c2cccc(F)c2)CC1. The van der Waals surface area contributed by atoms with E-state index in [1.807, 2.05) is 4.90 Å². The number of nitrogens with zero attached hydrogens (tertiary/aromatic N) is 1. The molecule has 0 atom stereocenters. The Morgan fingerprint density at radius 1 is 1.41 bits per heavy atom. The second-order valence-corrected chi connectivity index (χ2v) is 4.41. The first-order valence-electron chi connectivity index (χ1n) is 6.09. The van der Waals surface area contributed by atoms with Crippen molar-refractivity contribution in [3.63, 3.8) is 0 Å². The number of likely N-dealkylation sites (N-methyl/N-ethyl adjacent to an activating group) is 1. The van der Waals surface area contributed by atoms with Crippen molar-refractivity contribution in [2.24, 2.45) is 0 Å². The molecule has 0 aromatic heterocycles. The zero-order chi connectivity index (χ0) is 12.3. The van der Waals surface area contributed by atoms with E-state index in [9.17, 15) is 9.18 Å². The summed E-state index contributed by atoms with van der Waals surface area (Å²) in [4.78, 5) is 15.4. The molecule has 0 radical (unpaired) electrons. The van der Waals surface area contributed by atoms with Crippen molar-refractivity contribution < 1.29 is 14.1 Å². The normalized spacial score (nSPS) is 17.2. The molecule has 1 aliphatic rings. The van der Waals surface area contributed by atoms with E-state index >= 15 is 0 Å². The van der Waals surface area contributed by atoms with Gasteiger partial charge in [0.05, 0.1) is 32.7 Å². The van der Waals surface area contributed by atoms with Gasteiger partial charge < -0.3 is 9.80 Å². The molecule has 0 spiro atoms. The van der Waals surface area contributed by atoms with Gasteiger partial charge in [-0.25, -0.2) is 4.39 Å². The minimum atomic E-state index is -0.353. The van der Waals surface area contributed by atoms with E-state index in [4.69, 9.17) is 0 Å². The quantitative estimate of drug-likeness (QED) is 0.780. The molecule has 3 nitrogen and oxygen atoms in total. The number of piperazine rings is 1. The molecule has 1 aromatic rings. The number of hydrogen-bond donors (Lipinski definition) is 1. The number of benzene rings is 1. The summed E-state index contributed by atoms with van der Waals surface area (Å²) in [7, 11) is 0. The Hall–Kier alpha value is -1.42. The fraction of sp³-hybridized carbons (Fsp3) is 0.462. The number of amides is 1. The second-order valence-electron chi connectivity index (χ2n) is 4.41. The van der Waals surface area contributed by atoms with Gasteiger partial charge in [0, 0.05) is 5.56 Å². The average Bonchev–Trinajstić information content (AvgIpc) is 2.38. The summed E-state index contributed by atoms with van der Waals surface area (Å²) in [5.74, 6) is -0.409. The predicted octanol–water partition coefficient (Wildman–Crippen LogP) is 0.186. The molecule has 0 bridgehead atoms. The molecule has 92 valence electrons. The summed E-state index contributed by atoms with van der Waals surface area (Å²) in [5.41, 5.74) is 0.449. The van der Waals surface area contributed by atoms with Crippen molar-refractivity contribution >= 4 is 5.91 Å². The van der Waals surface area contributed by atoms with E-state index in [-0.39, 0.29) is 11.7 Å². The van der Waals surface area contributed by atoms with Crippen molar-refractivity contribution in [1.82, 2.24) is 4.90 Å². The maximum atomic E-state index is 13.0. The van der Waals surface area contributed by atoms with Gasteiger partial charge in [-0.2, -0.15) is 0 Å². The Labute approximate surface area is 101 Å². The van der Waals surface area contributed by atoms with Crippen molar-refractivity contribution in [1.29, 1.82) is 0 Å². The van der Waals surface area contributed by atoms with Crippen LogP contribution in [-0.4, -0.2) is 43.5 Å². The molecule has 1 heterocycles. The van der Waals surface area contributed by atoms with E-state index < -0.39 is 0 Å². The lowest BCUT2D eigenvalue weighted by atomic mass is 10.2. The molecule has 0 saturated carbocycles. The highest BCUT2D eigenvalue weighted by Crippen LogP contribution is 2.07. The van der Waals surface area contributed by atoms with Gasteiger partial charge >= 0.3 is 0 Å². The van der Waals surface area contributed by atoms with Crippen LogP contribution in [0.3, 0.4) is 0 Å². The highest BCUT2D eigenvalue weighted by molar-refractivity contribution is 5.94. The number of rotatable bonds is 2. The van der Waals surface area contributed by atoms with Crippen LogP contribution in [-0.2, 0) is 0 Å². The number of hydrogen-bond acceptors (Lipinski definition) is 1. The standard InChI is InChI=1S/C13H17FN2O/c1-2-15-6-8-16(9-7-15)13(17)11-4-3-5-12(14)10-11/h3-5,10H,2,6-9H2,1H3/p+1. The van der Waals surface area contributed by atoms with Crippen LogP contribution in [0.2, 0.25) is 0 Å². The average molecular weight is 237 g/mol. The molecule has 1 fully saturated rings. The molecule has 4 heteroatoms. The monoisotopic (exact) mass is 237 g/mol. The molecule has 2 rings (SSSR count). The molecule has 1 N–H and O–H groups in total. The second kappa shape index (κ2) is 5.27. The molecular formula is C13H18FN2O+. The molecule has 1 aliphatic heterocycles. The van der Waals surface area contributed by atoms with E-state index in [0.29, 0.717) is 5.56 Å². The van der Waals surface area contributed by atoms with Crippen LogP contribution in [0.5, 0.6) is 0 Å². The molecule has 0 unspecified atom stereocenters. The summed E-state index contributed by atoms with van der Waals surface area (Å²) < 4.78 is 13.0. The maximum absolute atomic E-state index is 13.0. The minimum absolute atomic E-state index is 0.0559. The van der Waals surface area contributed by atoms with Crippen LogP contribution in [0.15, 0.2) is 24.3 Å². The fourth-order valence-electron chi connectivity index (χ4n) is 2.18. The van der Waals surface area contributed by atoms with Gasteiger partial charge in [0.2, 0.25) is 0 Å². The number of quaternary nitrogens is 1. The number of halogens is 1. The van der Waals surface area contributed by atoms with Crippen molar-refractivity contribution in [3.05, 3.63) is 35.6 Å². The van der Waals surface area contributed by atoms with E-state index in [2.05, 4.69) is 6.92 Å². The van der Waals surface area contributed by atoms with E-state index in [1.165, 1.54) is 17.0 Å². The first kappa shape index (κ1) is 12.0. The maximum Gasteiger partial charge on any atom is 0.254 e. The third kappa shape index (κ3) is 2.82. The summed E-state index contributed by atoms with van der Waals surface area (Å²) in [6.07, 6.45) is 0. The third-order valence-corrected chi connectivity index (χ3v) is 3.33. The van der Waals surface area contributed by atoms with Gasteiger partial charge in [-0.05, 0) is 25.1 Å². The summed E-state index contributed by atoms with van der Waals surface area (Å²) in [6.45, 7) is 6.74. The van der Waals surface area contributed by atoms with Crippen LogP contribution in [0, 0.1) is 5.82 Å². The Bertz CT molecular complexity index is 400. The van der Waals surface area contributed by atoms with Crippen molar-refractivity contribution in [2.75, 3.05) is 32.7 Å². The fourth-order valence-corrected chi connectivity index (χ4v) is 2.18. The van der Waals surface area contributed by atoms with E-state index in [1.54, 1.807) is 12.1 Å². The van der Waals surface area contributed by atoms with Gasteiger partial charge in [0.25, 0.3) is 5.91 Å². The molecule has 1 aromatic carbocycles. The van der Waals surface area contributed by atoms with Crippen molar-refractivity contribution in [2.45, 2.75) is 6.92 Å². The minimum Gasteiger partial charge on any atom is -0.332 e. The zero-order valence-corrected chi connectivity index (χ0v) is 10.1. The van der Waals surface area contributed by atoms with Gasteiger partial charge in [-0.15, -0.1) is 0 Å². The van der Waals surface area contributed by atoms with Gasteiger partial charge in [0.15, 0.2) is 0 Å². The van der Waals surface area contributed by atoms with Crippen LogP contribution < -0.4 is 4.90 Å². The lowest BCUT2D eigenvalue weighted by molar-refractivity contribution is -0.902. The van der Waals surface area contributed by atoms with E-state index in [0.717, 1.165) is 32.7 Å². The highest BCUT2D eigenvalue weighted by atomic mass is 19.1. The largest absolute Gasteiger partial charge is 0.332 e. The summed E-state index contributed by atoms with van der Waals surface area (Å²) in [6, 6.07) is 5.91. The molecule has 1 amide bonds. The number of carbonyl (C=O) groups excluding carboxylic acids is 1. The number of nitrogens with one attached hydrogen (secondary N) is 1. The van der Waals surface area contributed by atoms with Crippen LogP contribution >= 0.6 is 0 Å². The first-order chi connectivity index (χ1) is 8.20. The topological polar surface area (TPSA) is 24.8 Å². The molecule has 17 heavy (non-hydrogen) atoms. The summed E-state index contributed by atoms with van der Waals surface area (Å²) in [5, 5.41) is 0. The number of carbonyl (C=O) groups is 1. The Morgan fingerprint density at radius 2 is 2.12 bits per heavy atom. The van der Waals surface area contributed by atoms with Crippen LogP contribution in [0.25, 0.3) is 0 Å². The first-order valence-corrected chi connectivity index (χ1v) is 6.09. The smallest absolute Gasteiger partial charge is 0.254 e. The van der Waals surface area contributed by atoms with Crippen molar-refractivity contribution in [3.8, 4) is 0 Å². The lowest BCUT2D eigenvalue weighted by Crippen LogP contribution is -3.14. The van der Waals surface area contributed by atoms with Gasteiger partial charge in [-0.1, -0.05) is 6.07 Å². The van der Waals surface area contributed by atoms with Gasteiger partial charge in [0.1, 0.15) is 5.82 Å². The predicted molar refractivity (Wildman–Crippen MR) is 63.5 cm³/mol. The van der Waals surface area contributed by atoms with Gasteiger partial charge in [-0.3, -0.25) is 4.79 Å². The third-order valence-electron chi connectivity index (χ3n) is 3.33. The highest BCUT2D eigenvalue weighted by Gasteiger charge is 2.23. The van der Waals surface area contributed by atoms with Crippen LogP contribution in [0.4, 0.5) is 4.39 Å². The zero-order valence-electron chi connectivity index (χ0n) is 10.1. The lowest BCUT2D eigenvalue weighted by Gasteiger charge is -2.31. The van der Waals surface area contributed by atoms with Crippen LogP contribution in [0.1, 0.15) is 17.3 Å².